The van der Waals surface area contributed by atoms with Crippen molar-refractivity contribution in [2.24, 2.45) is 0 Å². The maximum Gasteiger partial charge on any atom is 0.256 e. The number of phenolic OH excluding ortho intramolecular Hbond substituents is 1. The van der Waals surface area contributed by atoms with Gasteiger partial charge in [-0.25, -0.2) is 0 Å². The van der Waals surface area contributed by atoms with Crippen LogP contribution in [0.25, 0.3) is 0 Å². The Morgan fingerprint density at radius 2 is 1.95 bits per heavy atom. The molecule has 0 aliphatic carbocycles. The smallest absolute Gasteiger partial charge is 0.256 e. The quantitative estimate of drug-likeness (QED) is 0.725. The summed E-state index contributed by atoms with van der Waals surface area (Å²) in [4.78, 5) is 12.2. The van der Waals surface area contributed by atoms with E-state index < -0.39 is 0 Å². The lowest BCUT2D eigenvalue weighted by Crippen LogP contribution is -2.13. The lowest BCUT2D eigenvalue weighted by Gasteiger charge is -2.11. The molecule has 2 aromatic carbocycles. The molecule has 1 amide bonds. The Hall–Kier alpha value is -1.23. The molecule has 0 atom stereocenters. The predicted molar refractivity (Wildman–Crippen MR) is 85.0 cm³/mol. The van der Waals surface area contributed by atoms with Gasteiger partial charge in [-0.15, -0.1) is 0 Å². The molecule has 0 spiro atoms. The Bertz CT molecular complexity index is 689. The van der Waals surface area contributed by atoms with Crippen molar-refractivity contribution in [1.29, 1.82) is 0 Å². The molecule has 0 saturated heterocycles. The van der Waals surface area contributed by atoms with Gasteiger partial charge in [-0.05, 0) is 42.8 Å². The summed E-state index contributed by atoms with van der Waals surface area (Å²) in [5.41, 5.74) is 1.49. The molecule has 0 fully saturated rings. The summed E-state index contributed by atoms with van der Waals surface area (Å²) in [6.07, 6.45) is 0. The number of carbonyl (C=O) groups is 1. The van der Waals surface area contributed by atoms with Crippen molar-refractivity contribution >= 4 is 50.7 Å². The largest absolute Gasteiger partial charge is 0.504 e. The van der Waals surface area contributed by atoms with Gasteiger partial charge in [-0.1, -0.05) is 39.1 Å². The predicted octanol–water partition coefficient (Wildman–Crippen LogP) is 5.02. The van der Waals surface area contributed by atoms with Crippen LogP contribution < -0.4 is 5.32 Å². The van der Waals surface area contributed by atoms with Gasteiger partial charge >= 0.3 is 0 Å². The van der Waals surface area contributed by atoms with E-state index in [-0.39, 0.29) is 22.4 Å². The number of aromatic hydroxyl groups is 1. The lowest BCUT2D eigenvalue weighted by atomic mass is 10.1. The van der Waals surface area contributed by atoms with Gasteiger partial charge < -0.3 is 10.4 Å². The highest BCUT2D eigenvalue weighted by molar-refractivity contribution is 9.10. The van der Waals surface area contributed by atoms with E-state index in [2.05, 4.69) is 21.2 Å². The molecule has 0 aliphatic heterocycles. The Balaban J connectivity index is 2.32. The summed E-state index contributed by atoms with van der Waals surface area (Å²) in [6.45, 7) is 1.82. The van der Waals surface area contributed by atoms with E-state index in [4.69, 9.17) is 23.2 Å². The van der Waals surface area contributed by atoms with Crippen LogP contribution in [0.5, 0.6) is 5.75 Å². The third-order valence-corrected chi connectivity index (χ3v) is 3.71. The summed E-state index contributed by atoms with van der Waals surface area (Å²) >= 11 is 15.0. The van der Waals surface area contributed by atoms with Gasteiger partial charge in [-0.2, -0.15) is 0 Å². The van der Waals surface area contributed by atoms with Crippen molar-refractivity contribution in [3.63, 3.8) is 0 Å². The zero-order chi connectivity index (χ0) is 14.9. The number of nitrogens with one attached hydrogen (secondary N) is 1. The van der Waals surface area contributed by atoms with Crippen molar-refractivity contribution in [3.8, 4) is 5.75 Å². The van der Waals surface area contributed by atoms with Crippen LogP contribution >= 0.6 is 39.1 Å². The van der Waals surface area contributed by atoms with Crippen LogP contribution in [0.3, 0.4) is 0 Å². The molecule has 0 saturated carbocycles. The zero-order valence-electron chi connectivity index (χ0n) is 10.4. The van der Waals surface area contributed by atoms with Crippen LogP contribution in [0.2, 0.25) is 10.0 Å². The summed E-state index contributed by atoms with van der Waals surface area (Å²) < 4.78 is 0.889. The first-order valence-electron chi connectivity index (χ1n) is 5.64. The second-order valence-electron chi connectivity index (χ2n) is 4.20. The number of benzene rings is 2. The summed E-state index contributed by atoms with van der Waals surface area (Å²) in [5, 5.41) is 12.8. The molecule has 0 radical (unpaired) electrons. The Morgan fingerprint density at radius 1 is 1.25 bits per heavy atom. The fourth-order valence-electron chi connectivity index (χ4n) is 1.73. The molecule has 20 heavy (non-hydrogen) atoms. The number of halogens is 3. The molecule has 0 bridgehead atoms. The summed E-state index contributed by atoms with van der Waals surface area (Å²) in [5.74, 6) is -0.553. The van der Waals surface area contributed by atoms with Gasteiger partial charge in [0.1, 0.15) is 0 Å². The van der Waals surface area contributed by atoms with Gasteiger partial charge in [-0.3, -0.25) is 4.79 Å². The molecule has 0 heterocycles. The molecule has 0 unspecified atom stereocenters. The third-order valence-electron chi connectivity index (χ3n) is 2.71. The highest BCUT2D eigenvalue weighted by atomic mass is 79.9. The number of hydrogen-bond donors (Lipinski definition) is 2. The standard InChI is InChI=1S/C14H10BrCl2NO2/c1-7-4-8(15)2-3-10(7)14(20)18-12-6-9(16)5-11(17)13(12)19/h2-6,19H,1H3,(H,18,20). The Kier molecular flexibility index (Phi) is 4.58. The van der Waals surface area contributed by atoms with Crippen LogP contribution in [0.15, 0.2) is 34.8 Å². The van der Waals surface area contributed by atoms with Crippen LogP contribution in [0, 0.1) is 6.92 Å². The highest BCUT2D eigenvalue weighted by Crippen LogP contribution is 2.35. The molecule has 104 valence electrons. The van der Waals surface area contributed by atoms with E-state index in [0.29, 0.717) is 10.6 Å². The minimum atomic E-state index is -0.344. The summed E-state index contributed by atoms with van der Waals surface area (Å²) in [6, 6.07) is 8.14. The Morgan fingerprint density at radius 3 is 2.60 bits per heavy atom. The summed E-state index contributed by atoms with van der Waals surface area (Å²) in [7, 11) is 0. The Labute approximate surface area is 134 Å². The molecule has 2 N–H and O–H groups in total. The van der Waals surface area contributed by atoms with E-state index in [1.54, 1.807) is 12.1 Å². The first-order valence-corrected chi connectivity index (χ1v) is 7.19. The monoisotopic (exact) mass is 373 g/mol. The molecule has 0 aliphatic rings. The number of anilines is 1. The lowest BCUT2D eigenvalue weighted by molar-refractivity contribution is 0.102. The van der Waals surface area contributed by atoms with E-state index >= 15 is 0 Å². The molecule has 0 aromatic heterocycles. The molecule has 6 heteroatoms. The fourth-order valence-corrected chi connectivity index (χ4v) is 2.70. The van der Waals surface area contributed by atoms with E-state index in [0.717, 1.165) is 10.0 Å². The van der Waals surface area contributed by atoms with Gasteiger partial charge in [0.25, 0.3) is 5.91 Å². The average molecular weight is 375 g/mol. The number of carbonyl (C=O) groups excluding carboxylic acids is 1. The van der Waals surface area contributed by atoms with E-state index in [9.17, 15) is 9.90 Å². The van der Waals surface area contributed by atoms with E-state index in [1.807, 2.05) is 13.0 Å². The van der Waals surface area contributed by atoms with Crippen molar-refractivity contribution < 1.29 is 9.90 Å². The minimum absolute atomic E-state index is 0.0836. The second-order valence-corrected chi connectivity index (χ2v) is 5.96. The molecule has 2 aromatic rings. The normalized spacial score (nSPS) is 10.4. The third kappa shape index (κ3) is 3.26. The second kappa shape index (κ2) is 6.04. The van der Waals surface area contributed by atoms with Crippen molar-refractivity contribution in [2.75, 3.05) is 5.32 Å². The van der Waals surface area contributed by atoms with Crippen molar-refractivity contribution in [2.45, 2.75) is 6.92 Å². The maximum atomic E-state index is 12.2. The van der Waals surface area contributed by atoms with E-state index in [1.165, 1.54) is 12.1 Å². The molecular formula is C14H10BrCl2NO2. The topological polar surface area (TPSA) is 49.3 Å². The number of hydrogen-bond acceptors (Lipinski definition) is 2. The van der Waals surface area contributed by atoms with Gasteiger partial charge in [0.05, 0.1) is 10.7 Å². The molecule has 2 rings (SSSR count). The maximum absolute atomic E-state index is 12.2. The SMILES string of the molecule is Cc1cc(Br)ccc1C(=O)Nc1cc(Cl)cc(Cl)c1O. The fraction of sp³-hybridized carbons (Fsp3) is 0.0714. The van der Waals surface area contributed by atoms with Crippen LogP contribution in [-0.4, -0.2) is 11.0 Å². The minimum Gasteiger partial charge on any atom is -0.504 e. The van der Waals surface area contributed by atoms with Crippen LogP contribution in [0.1, 0.15) is 15.9 Å². The van der Waals surface area contributed by atoms with Crippen LogP contribution in [0.4, 0.5) is 5.69 Å². The first kappa shape index (κ1) is 15.2. The van der Waals surface area contributed by atoms with Gasteiger partial charge in [0.2, 0.25) is 0 Å². The average Bonchev–Trinajstić information content (AvgIpc) is 2.35. The van der Waals surface area contributed by atoms with Crippen molar-refractivity contribution in [1.82, 2.24) is 0 Å². The molecular weight excluding hydrogens is 365 g/mol. The van der Waals surface area contributed by atoms with Crippen LogP contribution in [-0.2, 0) is 0 Å². The van der Waals surface area contributed by atoms with Crippen molar-refractivity contribution in [3.05, 3.63) is 56.0 Å². The van der Waals surface area contributed by atoms with Gasteiger partial charge in [0.15, 0.2) is 5.75 Å². The highest BCUT2D eigenvalue weighted by Gasteiger charge is 2.14. The first-order chi connectivity index (χ1) is 9.38. The number of phenols is 1. The molecule has 3 nitrogen and oxygen atoms in total. The number of amides is 1. The van der Waals surface area contributed by atoms with Gasteiger partial charge in [0, 0.05) is 15.1 Å². The number of aryl methyl sites for hydroxylation is 1. The zero-order valence-corrected chi connectivity index (χ0v) is 13.5. The number of rotatable bonds is 2.